The zero-order chi connectivity index (χ0) is 22.3. The summed E-state index contributed by atoms with van der Waals surface area (Å²) in [6.45, 7) is 0.547. The number of carbonyl (C=O) groups is 1. The van der Waals surface area contributed by atoms with Gasteiger partial charge in [0.1, 0.15) is 11.5 Å². The molecule has 0 saturated carbocycles. The van der Waals surface area contributed by atoms with Gasteiger partial charge in [0.05, 0.1) is 24.1 Å². The number of rotatable bonds is 9. The molecule has 162 valence electrons. The second-order valence-electron chi connectivity index (χ2n) is 7.03. The average molecular weight is 434 g/mol. The Kier molecular flexibility index (Phi) is 6.45. The van der Waals surface area contributed by atoms with Crippen LogP contribution in [0.3, 0.4) is 0 Å². The van der Waals surface area contributed by atoms with E-state index in [0.29, 0.717) is 36.5 Å². The standard InChI is InChI=1S/C23H20F2N6O/c24-18-5-3-4-16(10-18)7-9-27-23-21(31(15-32)14-19-6-1-2-8-26-19)11-20(25)22(30-23)17-12-28-29-13-17/h1-6,8,10-13,15H,7,9,14H2,(H,27,30)(H,28,29). The van der Waals surface area contributed by atoms with E-state index in [9.17, 15) is 13.6 Å². The van der Waals surface area contributed by atoms with Crippen molar-refractivity contribution in [3.8, 4) is 11.3 Å². The molecule has 0 unspecified atom stereocenters. The fourth-order valence-corrected chi connectivity index (χ4v) is 3.27. The van der Waals surface area contributed by atoms with Crippen LogP contribution in [0.25, 0.3) is 11.3 Å². The second kappa shape index (κ2) is 9.78. The van der Waals surface area contributed by atoms with Crippen molar-refractivity contribution in [3.05, 3.63) is 90.0 Å². The van der Waals surface area contributed by atoms with Gasteiger partial charge in [-0.2, -0.15) is 5.10 Å². The van der Waals surface area contributed by atoms with Gasteiger partial charge in [-0.1, -0.05) is 18.2 Å². The Morgan fingerprint density at radius 1 is 1.12 bits per heavy atom. The van der Waals surface area contributed by atoms with E-state index in [0.717, 1.165) is 5.56 Å². The molecule has 9 heteroatoms. The zero-order valence-electron chi connectivity index (χ0n) is 17.0. The lowest BCUT2D eigenvalue weighted by molar-refractivity contribution is -0.107. The van der Waals surface area contributed by atoms with Gasteiger partial charge in [0.15, 0.2) is 11.6 Å². The molecule has 2 N–H and O–H groups in total. The van der Waals surface area contributed by atoms with E-state index in [-0.39, 0.29) is 23.7 Å². The summed E-state index contributed by atoms with van der Waals surface area (Å²) in [6.07, 6.45) is 5.75. The van der Waals surface area contributed by atoms with E-state index in [1.165, 1.54) is 35.5 Å². The predicted molar refractivity (Wildman–Crippen MR) is 117 cm³/mol. The van der Waals surface area contributed by atoms with Gasteiger partial charge >= 0.3 is 0 Å². The van der Waals surface area contributed by atoms with Crippen molar-refractivity contribution >= 4 is 17.9 Å². The molecule has 0 bridgehead atoms. The number of H-pyrrole nitrogens is 1. The quantitative estimate of drug-likeness (QED) is 0.390. The molecule has 4 aromatic rings. The summed E-state index contributed by atoms with van der Waals surface area (Å²) in [7, 11) is 0. The molecule has 3 aromatic heterocycles. The van der Waals surface area contributed by atoms with E-state index in [2.05, 4.69) is 25.5 Å². The fourth-order valence-electron chi connectivity index (χ4n) is 3.27. The van der Waals surface area contributed by atoms with Crippen LogP contribution in [-0.2, 0) is 17.8 Å². The minimum Gasteiger partial charge on any atom is -0.368 e. The lowest BCUT2D eigenvalue weighted by Crippen LogP contribution is -2.23. The van der Waals surface area contributed by atoms with Crippen LogP contribution in [0.1, 0.15) is 11.3 Å². The minimum absolute atomic E-state index is 0.0967. The highest BCUT2D eigenvalue weighted by molar-refractivity contribution is 5.83. The number of aromatic nitrogens is 4. The van der Waals surface area contributed by atoms with Gasteiger partial charge in [-0.3, -0.25) is 14.9 Å². The average Bonchev–Trinajstić information content (AvgIpc) is 3.34. The summed E-state index contributed by atoms with van der Waals surface area (Å²) in [5, 5.41) is 9.64. The second-order valence-corrected chi connectivity index (χ2v) is 7.03. The smallest absolute Gasteiger partial charge is 0.214 e. The van der Waals surface area contributed by atoms with Gasteiger partial charge in [-0.25, -0.2) is 13.8 Å². The Morgan fingerprint density at radius 2 is 2.03 bits per heavy atom. The summed E-state index contributed by atoms with van der Waals surface area (Å²) in [5.41, 5.74) is 2.29. The monoisotopic (exact) mass is 434 g/mol. The van der Waals surface area contributed by atoms with Gasteiger partial charge in [0, 0.05) is 30.6 Å². The van der Waals surface area contributed by atoms with E-state index in [1.807, 2.05) is 12.1 Å². The summed E-state index contributed by atoms with van der Waals surface area (Å²) in [4.78, 5) is 21.9. The van der Waals surface area contributed by atoms with Crippen LogP contribution in [-0.4, -0.2) is 33.1 Å². The van der Waals surface area contributed by atoms with Crippen LogP contribution < -0.4 is 10.2 Å². The van der Waals surface area contributed by atoms with E-state index < -0.39 is 5.82 Å². The first-order valence-electron chi connectivity index (χ1n) is 9.94. The van der Waals surface area contributed by atoms with Gasteiger partial charge in [0.2, 0.25) is 6.41 Å². The maximum atomic E-state index is 14.9. The normalized spacial score (nSPS) is 10.7. The van der Waals surface area contributed by atoms with Crippen LogP contribution in [0.15, 0.2) is 67.1 Å². The molecule has 7 nitrogen and oxygen atoms in total. The third-order valence-electron chi connectivity index (χ3n) is 4.82. The number of nitrogens with one attached hydrogen (secondary N) is 2. The molecule has 0 aliphatic carbocycles. The van der Waals surface area contributed by atoms with Crippen molar-refractivity contribution in [1.82, 2.24) is 20.2 Å². The number of aromatic amines is 1. The Balaban J connectivity index is 1.64. The molecule has 4 rings (SSSR count). The first-order chi connectivity index (χ1) is 15.6. The SMILES string of the molecule is O=CN(Cc1ccccn1)c1cc(F)c(-c2cn[nH]c2)nc1NCCc1cccc(F)c1. The first kappa shape index (κ1) is 21.1. The minimum atomic E-state index is -0.593. The number of amides is 1. The number of nitrogens with zero attached hydrogens (tertiary/aromatic N) is 4. The highest BCUT2D eigenvalue weighted by Gasteiger charge is 2.19. The molecule has 0 aliphatic heterocycles. The van der Waals surface area contributed by atoms with Crippen molar-refractivity contribution in [2.75, 3.05) is 16.8 Å². The Bertz CT molecular complexity index is 1180. The number of carbonyl (C=O) groups excluding carboxylic acids is 1. The number of pyridine rings is 2. The summed E-state index contributed by atoms with van der Waals surface area (Å²) in [5.74, 6) is -0.584. The third kappa shape index (κ3) is 4.94. The zero-order valence-corrected chi connectivity index (χ0v) is 17.0. The highest BCUT2D eigenvalue weighted by Crippen LogP contribution is 2.31. The highest BCUT2D eigenvalue weighted by atomic mass is 19.1. The van der Waals surface area contributed by atoms with Crippen molar-refractivity contribution in [2.24, 2.45) is 0 Å². The molecule has 0 atom stereocenters. The number of benzene rings is 1. The van der Waals surface area contributed by atoms with Crippen LogP contribution >= 0.6 is 0 Å². The fraction of sp³-hybridized carbons (Fsp3) is 0.130. The molecule has 3 heterocycles. The molecule has 0 radical (unpaired) electrons. The molecule has 1 aromatic carbocycles. The largest absolute Gasteiger partial charge is 0.368 e. The van der Waals surface area contributed by atoms with Crippen LogP contribution in [0, 0.1) is 11.6 Å². The van der Waals surface area contributed by atoms with Crippen molar-refractivity contribution in [3.63, 3.8) is 0 Å². The van der Waals surface area contributed by atoms with Gasteiger partial charge in [-0.15, -0.1) is 0 Å². The summed E-state index contributed by atoms with van der Waals surface area (Å²) in [6, 6.07) is 12.9. The van der Waals surface area contributed by atoms with Crippen molar-refractivity contribution in [2.45, 2.75) is 13.0 Å². The van der Waals surface area contributed by atoms with Gasteiger partial charge in [-0.05, 0) is 36.2 Å². The first-order valence-corrected chi connectivity index (χ1v) is 9.94. The van der Waals surface area contributed by atoms with Crippen LogP contribution in [0.5, 0.6) is 0 Å². The number of hydrogen-bond donors (Lipinski definition) is 2. The van der Waals surface area contributed by atoms with Gasteiger partial charge in [0.25, 0.3) is 0 Å². The Morgan fingerprint density at radius 3 is 2.75 bits per heavy atom. The van der Waals surface area contributed by atoms with Crippen LogP contribution in [0.2, 0.25) is 0 Å². The third-order valence-corrected chi connectivity index (χ3v) is 4.82. The Hall–Kier alpha value is -4.14. The molecule has 32 heavy (non-hydrogen) atoms. The van der Waals surface area contributed by atoms with Crippen molar-refractivity contribution < 1.29 is 13.6 Å². The predicted octanol–water partition coefficient (Wildman–Crippen LogP) is 3.96. The van der Waals surface area contributed by atoms with Crippen LogP contribution in [0.4, 0.5) is 20.3 Å². The molecule has 0 saturated heterocycles. The molecular formula is C23H20F2N6O. The summed E-state index contributed by atoms with van der Waals surface area (Å²) < 4.78 is 28.4. The summed E-state index contributed by atoms with van der Waals surface area (Å²) >= 11 is 0. The Labute approximate surface area is 183 Å². The topological polar surface area (TPSA) is 86.8 Å². The maximum Gasteiger partial charge on any atom is 0.214 e. The molecular weight excluding hydrogens is 414 g/mol. The lowest BCUT2D eigenvalue weighted by atomic mass is 10.1. The van der Waals surface area contributed by atoms with E-state index in [1.54, 1.807) is 24.4 Å². The van der Waals surface area contributed by atoms with Gasteiger partial charge < -0.3 is 10.2 Å². The van der Waals surface area contributed by atoms with E-state index in [4.69, 9.17) is 0 Å². The molecule has 1 amide bonds. The number of halogens is 2. The maximum absolute atomic E-state index is 14.9. The number of anilines is 2. The van der Waals surface area contributed by atoms with Crippen molar-refractivity contribution in [1.29, 1.82) is 0 Å². The molecule has 0 fully saturated rings. The van der Waals surface area contributed by atoms with E-state index >= 15 is 0 Å². The molecule has 0 spiro atoms. The molecule has 0 aliphatic rings. The lowest BCUT2D eigenvalue weighted by Gasteiger charge is -2.21. The number of hydrogen-bond acceptors (Lipinski definition) is 5.